The Hall–Kier alpha value is -3.43. The molecule has 0 aliphatic carbocycles. The smallest absolute Gasteiger partial charge is 0.416 e. The van der Waals surface area contributed by atoms with E-state index in [2.05, 4.69) is 15.5 Å². The van der Waals surface area contributed by atoms with Gasteiger partial charge in [-0.1, -0.05) is 42.5 Å². The molecule has 0 bridgehead atoms. The van der Waals surface area contributed by atoms with Crippen LogP contribution in [0.5, 0.6) is 5.75 Å². The van der Waals surface area contributed by atoms with Crippen molar-refractivity contribution in [3.8, 4) is 16.9 Å². The third kappa shape index (κ3) is 4.58. The molecule has 10 heteroatoms. The van der Waals surface area contributed by atoms with Gasteiger partial charge in [-0.3, -0.25) is 0 Å². The van der Waals surface area contributed by atoms with Crippen molar-refractivity contribution < 1.29 is 22.3 Å². The van der Waals surface area contributed by atoms with Gasteiger partial charge in [0, 0.05) is 16.7 Å². The number of ether oxygens (including phenoxy) is 1. The molecule has 32 heavy (non-hydrogen) atoms. The Balaban J connectivity index is 1.87. The topological polar surface area (TPSA) is 72.0 Å². The lowest BCUT2D eigenvalue weighted by atomic mass is 10.0. The van der Waals surface area contributed by atoms with Crippen LogP contribution in [0.4, 0.5) is 17.6 Å². The predicted molar refractivity (Wildman–Crippen MR) is 114 cm³/mol. The number of amidine groups is 1. The highest BCUT2D eigenvalue weighted by atomic mass is 35.5. The van der Waals surface area contributed by atoms with Crippen molar-refractivity contribution in [2.24, 2.45) is 15.8 Å². The van der Waals surface area contributed by atoms with Crippen molar-refractivity contribution in [3.63, 3.8) is 0 Å². The highest BCUT2D eigenvalue weighted by Gasteiger charge is 2.32. The van der Waals surface area contributed by atoms with Gasteiger partial charge < -0.3 is 10.5 Å². The molecule has 0 aromatic heterocycles. The predicted octanol–water partition coefficient (Wildman–Crippen LogP) is 5.41. The van der Waals surface area contributed by atoms with E-state index in [0.29, 0.717) is 16.7 Å². The summed E-state index contributed by atoms with van der Waals surface area (Å²) in [4.78, 5) is 3.98. The van der Waals surface area contributed by atoms with Gasteiger partial charge in [-0.15, -0.1) is 5.10 Å². The number of aliphatic imine (C=N–C) groups is 1. The van der Waals surface area contributed by atoms with E-state index in [0.717, 1.165) is 18.2 Å². The Bertz CT molecular complexity index is 1210. The zero-order chi connectivity index (χ0) is 22.9. The van der Waals surface area contributed by atoms with Gasteiger partial charge in [0.05, 0.1) is 5.56 Å². The molecule has 0 saturated carbocycles. The molecule has 1 unspecified atom stereocenters. The van der Waals surface area contributed by atoms with Crippen molar-refractivity contribution >= 4 is 22.8 Å². The maximum Gasteiger partial charge on any atom is 0.416 e. The van der Waals surface area contributed by atoms with Crippen LogP contribution >= 0.6 is 11.6 Å². The van der Waals surface area contributed by atoms with Gasteiger partial charge in [-0.25, -0.2) is 14.8 Å². The highest BCUT2D eigenvalue weighted by Crippen LogP contribution is 2.38. The largest absolute Gasteiger partial charge is 0.436 e. The van der Waals surface area contributed by atoms with E-state index in [-0.39, 0.29) is 22.5 Å². The first kappa shape index (κ1) is 21.8. The lowest BCUT2D eigenvalue weighted by Crippen LogP contribution is -2.26. The van der Waals surface area contributed by atoms with E-state index >= 15 is 0 Å². The maximum atomic E-state index is 14.0. The van der Waals surface area contributed by atoms with Crippen LogP contribution in [0.25, 0.3) is 11.1 Å². The zero-order valence-corrected chi connectivity index (χ0v) is 17.0. The molecule has 5 nitrogen and oxygen atoms in total. The fraction of sp³-hybridized carbons (Fsp3) is 0.0909. The minimum Gasteiger partial charge on any atom is -0.436 e. The maximum absolute atomic E-state index is 14.0. The van der Waals surface area contributed by atoms with Crippen molar-refractivity contribution in [3.05, 3.63) is 89.2 Å². The second-order valence-electron chi connectivity index (χ2n) is 6.80. The summed E-state index contributed by atoms with van der Waals surface area (Å²) in [5.74, 6) is -0.973. The number of hydrazone groups is 1. The number of hydrogen-bond donors (Lipinski definition) is 2. The lowest BCUT2D eigenvalue weighted by Gasteiger charge is -2.20. The van der Waals surface area contributed by atoms with Crippen LogP contribution in [0.1, 0.15) is 22.9 Å². The first-order chi connectivity index (χ1) is 15.2. The molecule has 3 aromatic rings. The molecule has 1 atom stereocenters. The molecule has 0 saturated heterocycles. The summed E-state index contributed by atoms with van der Waals surface area (Å²) in [6.45, 7) is 0. The van der Waals surface area contributed by atoms with E-state index in [1.165, 1.54) is 18.2 Å². The zero-order valence-electron chi connectivity index (χ0n) is 16.2. The van der Waals surface area contributed by atoms with Crippen molar-refractivity contribution in [2.75, 3.05) is 0 Å². The first-order valence-electron chi connectivity index (χ1n) is 9.29. The van der Waals surface area contributed by atoms with E-state index in [1.807, 2.05) is 0 Å². The number of nitrogens with one attached hydrogen (secondary N) is 1. The molecule has 4 rings (SSSR count). The number of hydrogen-bond acceptors (Lipinski definition) is 5. The van der Waals surface area contributed by atoms with Gasteiger partial charge in [0.1, 0.15) is 17.7 Å². The molecule has 3 N–H and O–H groups in total. The molecule has 164 valence electrons. The molecule has 0 radical (unpaired) electrons. The number of nitrogens with two attached hydrogens (primary N) is 1. The molecular formula is C22H15ClF4N4O. The number of nitrogens with zero attached hydrogens (tertiary/aromatic N) is 2. The molecule has 1 aliphatic heterocycles. The molecule has 0 fully saturated rings. The number of rotatable bonds is 2. The van der Waals surface area contributed by atoms with Crippen LogP contribution in [0.3, 0.4) is 0 Å². The third-order valence-corrected chi connectivity index (χ3v) is 4.85. The molecule has 1 heterocycles. The van der Waals surface area contributed by atoms with E-state index < -0.39 is 23.7 Å². The average molecular weight is 463 g/mol. The summed E-state index contributed by atoms with van der Waals surface area (Å²) in [6, 6.07) is 15.5. The molecule has 0 amide bonds. The van der Waals surface area contributed by atoms with Crippen molar-refractivity contribution in [1.82, 2.24) is 5.43 Å². The van der Waals surface area contributed by atoms with Gasteiger partial charge in [-0.05, 0) is 41.4 Å². The van der Waals surface area contributed by atoms with E-state index in [1.54, 1.807) is 30.3 Å². The standard InChI is InChI=1S/C22H15ClF4N4O/c23-21-29-19(28)16-9-7-14(24)11-17(16)20(30-31-21)32-18-10-13(22(25,26)27)6-8-15(18)12-4-2-1-3-5-12/h1-11,19H,28H2,(H,29,31)/b30-20+. The van der Waals surface area contributed by atoms with Gasteiger partial charge in [0.25, 0.3) is 0 Å². The molecule has 3 aromatic carbocycles. The summed E-state index contributed by atoms with van der Waals surface area (Å²) >= 11 is 5.94. The van der Waals surface area contributed by atoms with Crippen LogP contribution in [0.2, 0.25) is 0 Å². The molecular weight excluding hydrogens is 448 g/mol. The minimum atomic E-state index is -4.60. The normalized spacial score (nSPS) is 17.8. The number of halogens is 5. The number of alkyl halides is 3. The fourth-order valence-corrected chi connectivity index (χ4v) is 3.32. The van der Waals surface area contributed by atoms with Gasteiger partial charge in [0.15, 0.2) is 0 Å². The van der Waals surface area contributed by atoms with Crippen LogP contribution in [-0.4, -0.2) is 11.2 Å². The Kier molecular flexibility index (Phi) is 5.86. The summed E-state index contributed by atoms with van der Waals surface area (Å²) in [7, 11) is 0. The van der Waals surface area contributed by atoms with E-state index in [4.69, 9.17) is 22.1 Å². The quantitative estimate of drug-likeness (QED) is 0.395. The SMILES string of the molecule is NC1N=C(Cl)N/N=C(/Oc2cc(C(F)(F)F)ccc2-c2ccccc2)c2cc(F)ccc21. The van der Waals surface area contributed by atoms with Gasteiger partial charge in [0.2, 0.25) is 11.2 Å². The Morgan fingerprint density at radius 3 is 2.44 bits per heavy atom. The van der Waals surface area contributed by atoms with E-state index in [9.17, 15) is 17.6 Å². The summed E-state index contributed by atoms with van der Waals surface area (Å²) in [5.41, 5.74) is 8.96. The van der Waals surface area contributed by atoms with Crippen LogP contribution in [0.15, 0.2) is 76.8 Å². The molecule has 1 aliphatic rings. The number of benzene rings is 3. The van der Waals surface area contributed by atoms with Crippen LogP contribution < -0.4 is 15.9 Å². The lowest BCUT2D eigenvalue weighted by molar-refractivity contribution is -0.137. The first-order valence-corrected chi connectivity index (χ1v) is 9.67. The van der Waals surface area contributed by atoms with Crippen molar-refractivity contribution in [2.45, 2.75) is 12.3 Å². The monoisotopic (exact) mass is 462 g/mol. The Morgan fingerprint density at radius 1 is 0.969 bits per heavy atom. The fourth-order valence-electron chi connectivity index (χ4n) is 3.17. The van der Waals surface area contributed by atoms with Crippen LogP contribution in [-0.2, 0) is 6.18 Å². The van der Waals surface area contributed by atoms with Crippen molar-refractivity contribution in [1.29, 1.82) is 0 Å². The summed E-state index contributed by atoms with van der Waals surface area (Å²) < 4.78 is 60.1. The summed E-state index contributed by atoms with van der Waals surface area (Å²) in [6.07, 6.45) is -5.58. The minimum absolute atomic E-state index is 0.120. The van der Waals surface area contributed by atoms with Crippen LogP contribution in [0, 0.1) is 5.82 Å². The second kappa shape index (κ2) is 8.60. The molecule has 0 spiro atoms. The number of fused-ring (bicyclic) bond motifs is 1. The Labute approximate surface area is 185 Å². The van der Waals surface area contributed by atoms with Gasteiger partial charge in [-0.2, -0.15) is 13.2 Å². The van der Waals surface area contributed by atoms with Gasteiger partial charge >= 0.3 is 6.18 Å². The summed E-state index contributed by atoms with van der Waals surface area (Å²) in [5, 5.41) is 3.82. The average Bonchev–Trinajstić information content (AvgIpc) is 2.75. The second-order valence-corrected chi connectivity index (χ2v) is 7.16. The Morgan fingerprint density at radius 2 is 1.72 bits per heavy atom. The third-order valence-electron chi connectivity index (χ3n) is 4.67. The highest BCUT2D eigenvalue weighted by molar-refractivity contribution is 6.64.